The molecule has 0 bridgehead atoms. The van der Waals surface area contributed by atoms with Crippen LogP contribution in [0.25, 0.3) is 0 Å². The molecular weight excluding hydrogens is 551 g/mol. The molecule has 0 amide bonds. The quantitative estimate of drug-likeness (QED) is 0.183. The van der Waals surface area contributed by atoms with Crippen molar-refractivity contribution in [3.8, 4) is 34.8 Å². The maximum absolute atomic E-state index is 14.1. The highest BCUT2D eigenvalue weighted by Crippen LogP contribution is 2.45. The Labute approximate surface area is 248 Å². The lowest BCUT2D eigenvalue weighted by Crippen LogP contribution is -2.22. The highest BCUT2D eigenvalue weighted by atomic mass is 19.1. The molecule has 0 aromatic heterocycles. The number of nitrogens with two attached hydrogens (primary N) is 1. The van der Waals surface area contributed by atoms with Crippen LogP contribution in [0.1, 0.15) is 33.7 Å². The highest BCUT2D eigenvalue weighted by molar-refractivity contribution is 5.74. The summed E-state index contributed by atoms with van der Waals surface area (Å²) in [4.78, 5) is 12.6. The lowest BCUT2D eigenvalue weighted by molar-refractivity contribution is -0.136. The Morgan fingerprint density at radius 1 is 0.977 bits per heavy atom. The van der Waals surface area contributed by atoms with E-state index in [1.807, 2.05) is 32.0 Å². The van der Waals surface area contributed by atoms with Gasteiger partial charge in [-0.05, 0) is 54.8 Å². The van der Waals surface area contributed by atoms with Gasteiger partial charge in [0.05, 0.1) is 13.0 Å². The van der Waals surface area contributed by atoms with Gasteiger partial charge in [0.2, 0.25) is 5.88 Å². The number of fused-ring (bicyclic) bond motifs is 1. The number of hydrogen-bond donors (Lipinski definition) is 1. The third kappa shape index (κ3) is 6.23. The van der Waals surface area contributed by atoms with Gasteiger partial charge in [0.25, 0.3) is 0 Å². The predicted molar refractivity (Wildman–Crippen MR) is 157 cm³/mol. The minimum absolute atomic E-state index is 0.00980. The number of carbonyl (C=O) groups is 1. The minimum Gasteiger partial charge on any atom is -0.493 e. The third-order valence-electron chi connectivity index (χ3n) is 7.03. The van der Waals surface area contributed by atoms with E-state index in [-0.39, 0.29) is 36.2 Å². The van der Waals surface area contributed by atoms with Gasteiger partial charge in [-0.2, -0.15) is 5.26 Å². The van der Waals surface area contributed by atoms with E-state index in [4.69, 9.17) is 29.4 Å². The van der Waals surface area contributed by atoms with Crippen LogP contribution in [0.2, 0.25) is 0 Å². The summed E-state index contributed by atoms with van der Waals surface area (Å²) in [6.45, 7) is 3.54. The second-order valence-corrected chi connectivity index (χ2v) is 9.90. The van der Waals surface area contributed by atoms with Gasteiger partial charge in [-0.15, -0.1) is 0 Å². The standard InChI is InChI=1S/C34H29FN2O6/c1-20-7-6-8-21(2)33(20)41-19-31(38)42-24-12-13-25-29(16-24)43-34(37)26(17-36)32(25)22-11-14-28(30(15-22)39-3)40-18-23-9-4-5-10-27(23)35/h4-16,32H,18-19,37H2,1-3H3. The second kappa shape index (κ2) is 12.6. The number of methoxy groups -OCH3 is 1. The minimum atomic E-state index is -0.597. The van der Waals surface area contributed by atoms with Crippen LogP contribution in [-0.2, 0) is 11.4 Å². The van der Waals surface area contributed by atoms with Crippen molar-refractivity contribution >= 4 is 5.97 Å². The zero-order valence-corrected chi connectivity index (χ0v) is 23.8. The van der Waals surface area contributed by atoms with Crippen LogP contribution in [-0.4, -0.2) is 19.7 Å². The number of esters is 1. The first-order valence-electron chi connectivity index (χ1n) is 13.4. The SMILES string of the molecule is COc1cc(C2C(C#N)=C(N)Oc3cc(OC(=O)COc4c(C)cccc4C)ccc32)ccc1OCc1ccccc1F. The maximum atomic E-state index is 14.1. The Hall–Kier alpha value is -5.49. The zero-order chi connectivity index (χ0) is 30.5. The van der Waals surface area contributed by atoms with E-state index in [9.17, 15) is 14.4 Å². The van der Waals surface area contributed by atoms with Gasteiger partial charge in [-0.25, -0.2) is 9.18 Å². The number of para-hydroxylation sites is 1. The normalized spacial score (nSPS) is 13.8. The summed E-state index contributed by atoms with van der Waals surface area (Å²) in [6.07, 6.45) is 0. The van der Waals surface area contributed by atoms with Crippen molar-refractivity contribution in [1.82, 2.24) is 0 Å². The van der Waals surface area contributed by atoms with Gasteiger partial charge in [-0.3, -0.25) is 0 Å². The van der Waals surface area contributed by atoms with E-state index >= 15 is 0 Å². The van der Waals surface area contributed by atoms with Crippen LogP contribution < -0.4 is 29.4 Å². The molecule has 4 aromatic carbocycles. The molecule has 0 saturated heterocycles. The molecule has 2 N–H and O–H groups in total. The van der Waals surface area contributed by atoms with E-state index in [0.29, 0.717) is 39.7 Å². The second-order valence-electron chi connectivity index (χ2n) is 9.90. The fraction of sp³-hybridized carbons (Fsp3) is 0.176. The molecule has 0 saturated carbocycles. The lowest BCUT2D eigenvalue weighted by atomic mass is 9.83. The molecule has 5 rings (SSSR count). The van der Waals surface area contributed by atoms with Crippen molar-refractivity contribution in [3.05, 3.63) is 124 Å². The number of aryl methyl sites for hydroxylation is 2. The molecule has 0 fully saturated rings. The van der Waals surface area contributed by atoms with E-state index in [1.54, 1.807) is 54.6 Å². The van der Waals surface area contributed by atoms with Crippen LogP contribution >= 0.6 is 0 Å². The number of ether oxygens (including phenoxy) is 5. The summed E-state index contributed by atoms with van der Waals surface area (Å²) >= 11 is 0. The molecule has 0 spiro atoms. The van der Waals surface area contributed by atoms with Gasteiger partial charge in [0.1, 0.15) is 41.3 Å². The van der Waals surface area contributed by atoms with Crippen LogP contribution in [0.4, 0.5) is 4.39 Å². The molecule has 0 radical (unpaired) electrons. The average Bonchev–Trinajstić information content (AvgIpc) is 2.99. The van der Waals surface area contributed by atoms with Gasteiger partial charge in [0.15, 0.2) is 18.1 Å². The number of carbonyl (C=O) groups excluding carboxylic acids is 1. The Morgan fingerprint density at radius 2 is 1.74 bits per heavy atom. The molecule has 1 atom stereocenters. The number of nitrogens with zero attached hydrogens (tertiary/aromatic N) is 1. The third-order valence-corrected chi connectivity index (χ3v) is 7.03. The summed E-state index contributed by atoms with van der Waals surface area (Å²) in [5, 5.41) is 9.96. The number of halogens is 1. The summed E-state index contributed by atoms with van der Waals surface area (Å²) in [5.74, 6) is 0.381. The van der Waals surface area contributed by atoms with Crippen molar-refractivity contribution in [3.63, 3.8) is 0 Å². The highest BCUT2D eigenvalue weighted by Gasteiger charge is 2.32. The summed E-state index contributed by atoms with van der Waals surface area (Å²) < 4.78 is 42.5. The number of benzene rings is 4. The molecule has 8 nitrogen and oxygen atoms in total. The monoisotopic (exact) mass is 580 g/mol. The summed E-state index contributed by atoms with van der Waals surface area (Å²) in [7, 11) is 1.49. The number of allylic oxidation sites excluding steroid dienone is 1. The molecule has 1 aliphatic heterocycles. The molecule has 1 heterocycles. The fourth-order valence-corrected chi connectivity index (χ4v) is 4.91. The molecule has 218 valence electrons. The Balaban J connectivity index is 1.37. The van der Waals surface area contributed by atoms with Crippen molar-refractivity contribution in [2.75, 3.05) is 13.7 Å². The smallest absolute Gasteiger partial charge is 0.349 e. The number of nitriles is 1. The van der Waals surface area contributed by atoms with Crippen LogP contribution in [0.3, 0.4) is 0 Å². The average molecular weight is 581 g/mol. The van der Waals surface area contributed by atoms with Crippen molar-refractivity contribution in [1.29, 1.82) is 5.26 Å². The predicted octanol–water partition coefficient (Wildman–Crippen LogP) is 6.23. The first kappa shape index (κ1) is 29.0. The summed E-state index contributed by atoms with van der Waals surface area (Å²) in [6, 6.07) is 24.3. The van der Waals surface area contributed by atoms with E-state index in [0.717, 1.165) is 11.1 Å². The molecular formula is C34H29FN2O6. The van der Waals surface area contributed by atoms with Gasteiger partial charge in [0, 0.05) is 17.2 Å². The Morgan fingerprint density at radius 3 is 2.47 bits per heavy atom. The van der Waals surface area contributed by atoms with Crippen LogP contribution in [0, 0.1) is 31.0 Å². The molecule has 0 aliphatic carbocycles. The van der Waals surface area contributed by atoms with Gasteiger partial charge >= 0.3 is 5.97 Å². The summed E-state index contributed by atoms with van der Waals surface area (Å²) in [5.41, 5.74) is 9.93. The fourth-order valence-electron chi connectivity index (χ4n) is 4.91. The number of rotatable bonds is 9. The number of hydrogen-bond acceptors (Lipinski definition) is 8. The molecule has 43 heavy (non-hydrogen) atoms. The molecule has 1 aliphatic rings. The molecule has 4 aromatic rings. The van der Waals surface area contributed by atoms with Crippen molar-refractivity contribution < 1.29 is 32.9 Å². The molecule has 1 unspecified atom stereocenters. The van der Waals surface area contributed by atoms with Crippen LogP contribution in [0.15, 0.2) is 90.3 Å². The Kier molecular flexibility index (Phi) is 8.49. The topological polar surface area (TPSA) is 113 Å². The Bertz CT molecular complexity index is 1740. The largest absolute Gasteiger partial charge is 0.493 e. The van der Waals surface area contributed by atoms with Gasteiger partial charge < -0.3 is 29.4 Å². The van der Waals surface area contributed by atoms with Crippen molar-refractivity contribution in [2.24, 2.45) is 5.73 Å². The van der Waals surface area contributed by atoms with Gasteiger partial charge in [-0.1, -0.05) is 48.5 Å². The van der Waals surface area contributed by atoms with E-state index in [2.05, 4.69) is 6.07 Å². The lowest BCUT2D eigenvalue weighted by Gasteiger charge is -2.27. The van der Waals surface area contributed by atoms with Crippen LogP contribution in [0.5, 0.6) is 28.7 Å². The first-order valence-corrected chi connectivity index (χ1v) is 13.4. The van der Waals surface area contributed by atoms with E-state index < -0.39 is 11.9 Å². The first-order chi connectivity index (χ1) is 20.8. The maximum Gasteiger partial charge on any atom is 0.349 e. The zero-order valence-electron chi connectivity index (χ0n) is 23.8. The van der Waals surface area contributed by atoms with Crippen molar-refractivity contribution in [2.45, 2.75) is 26.4 Å². The molecule has 9 heteroatoms. The van der Waals surface area contributed by atoms with E-state index in [1.165, 1.54) is 13.2 Å².